The van der Waals surface area contributed by atoms with Crippen LogP contribution in [0.5, 0.6) is 5.75 Å². The minimum Gasteiger partial charge on any atom is -0.489 e. The summed E-state index contributed by atoms with van der Waals surface area (Å²) in [7, 11) is 0. The quantitative estimate of drug-likeness (QED) is 0.775. The number of hydrogen-bond acceptors (Lipinski definition) is 2. The largest absolute Gasteiger partial charge is 0.489 e. The zero-order valence-electron chi connectivity index (χ0n) is 10.3. The second-order valence-corrected chi connectivity index (χ2v) is 5.01. The maximum Gasteiger partial charge on any atom is 0.128 e. The van der Waals surface area contributed by atoms with E-state index >= 15 is 0 Å². The van der Waals surface area contributed by atoms with Crippen molar-refractivity contribution in [2.24, 2.45) is 0 Å². The number of halogens is 2. The molecule has 0 aliphatic rings. The van der Waals surface area contributed by atoms with Gasteiger partial charge in [0.2, 0.25) is 0 Å². The second kappa shape index (κ2) is 7.67. The summed E-state index contributed by atoms with van der Waals surface area (Å²) < 4.78 is 19.4. The third-order valence-electron chi connectivity index (χ3n) is 2.31. The molecule has 1 aromatic rings. The number of rotatable bonds is 7. The molecule has 0 aliphatic heterocycles. The van der Waals surface area contributed by atoms with E-state index in [9.17, 15) is 4.39 Å². The van der Waals surface area contributed by atoms with E-state index in [-0.39, 0.29) is 11.9 Å². The average molecular weight is 304 g/mol. The number of nitrogens with one attached hydrogen (secondary N) is 1. The lowest BCUT2D eigenvalue weighted by Crippen LogP contribution is -2.29. The van der Waals surface area contributed by atoms with Gasteiger partial charge < -0.3 is 10.1 Å². The molecule has 0 amide bonds. The van der Waals surface area contributed by atoms with Crippen LogP contribution in [-0.4, -0.2) is 19.2 Å². The van der Waals surface area contributed by atoms with Crippen molar-refractivity contribution in [1.82, 2.24) is 5.32 Å². The first-order valence-corrected chi connectivity index (χ1v) is 6.74. The van der Waals surface area contributed by atoms with Crippen LogP contribution in [-0.2, 0) is 0 Å². The van der Waals surface area contributed by atoms with E-state index in [0.29, 0.717) is 10.2 Å². The SMILES string of the molecule is CCCCNCC(C)Oc1cc(F)cc(Br)c1. The van der Waals surface area contributed by atoms with Crippen LogP contribution in [0.25, 0.3) is 0 Å². The molecular formula is C13H19BrFNO. The van der Waals surface area contributed by atoms with Crippen LogP contribution < -0.4 is 10.1 Å². The van der Waals surface area contributed by atoms with Crippen LogP contribution in [0.2, 0.25) is 0 Å². The van der Waals surface area contributed by atoms with Crippen LogP contribution in [0.4, 0.5) is 4.39 Å². The zero-order valence-corrected chi connectivity index (χ0v) is 11.9. The first-order valence-electron chi connectivity index (χ1n) is 5.95. The Kier molecular flexibility index (Phi) is 6.52. The molecule has 2 nitrogen and oxygen atoms in total. The molecule has 0 saturated heterocycles. The zero-order chi connectivity index (χ0) is 12.7. The van der Waals surface area contributed by atoms with Gasteiger partial charge in [0, 0.05) is 17.1 Å². The third kappa shape index (κ3) is 6.03. The summed E-state index contributed by atoms with van der Waals surface area (Å²) in [5.74, 6) is 0.266. The molecule has 1 N–H and O–H groups in total. The Morgan fingerprint density at radius 3 is 2.82 bits per heavy atom. The van der Waals surface area contributed by atoms with Crippen LogP contribution in [0.15, 0.2) is 22.7 Å². The lowest BCUT2D eigenvalue weighted by Gasteiger charge is -2.15. The Balaban J connectivity index is 2.36. The molecule has 1 unspecified atom stereocenters. The Morgan fingerprint density at radius 1 is 1.41 bits per heavy atom. The van der Waals surface area contributed by atoms with Crippen molar-refractivity contribution in [2.75, 3.05) is 13.1 Å². The van der Waals surface area contributed by atoms with Gasteiger partial charge >= 0.3 is 0 Å². The van der Waals surface area contributed by atoms with E-state index in [2.05, 4.69) is 28.2 Å². The Hall–Kier alpha value is -0.610. The smallest absolute Gasteiger partial charge is 0.128 e. The molecule has 0 aliphatic carbocycles. The van der Waals surface area contributed by atoms with E-state index in [0.717, 1.165) is 19.5 Å². The molecule has 1 aromatic carbocycles. The highest BCUT2D eigenvalue weighted by atomic mass is 79.9. The summed E-state index contributed by atoms with van der Waals surface area (Å²) in [5, 5.41) is 3.31. The van der Waals surface area contributed by atoms with Gasteiger partial charge in [-0.05, 0) is 32.0 Å². The number of ether oxygens (including phenoxy) is 1. The molecule has 0 saturated carbocycles. The Bertz CT molecular complexity index is 326. The van der Waals surface area contributed by atoms with Crippen molar-refractivity contribution in [3.8, 4) is 5.75 Å². The molecule has 0 fully saturated rings. The highest BCUT2D eigenvalue weighted by Gasteiger charge is 2.05. The predicted molar refractivity (Wildman–Crippen MR) is 72.0 cm³/mol. The van der Waals surface area contributed by atoms with E-state index < -0.39 is 0 Å². The first-order chi connectivity index (χ1) is 8.11. The van der Waals surface area contributed by atoms with E-state index in [1.807, 2.05) is 6.92 Å². The predicted octanol–water partition coefficient (Wildman–Crippen LogP) is 3.75. The molecule has 17 heavy (non-hydrogen) atoms. The molecule has 0 heterocycles. The van der Waals surface area contributed by atoms with Crippen LogP contribution in [0, 0.1) is 5.82 Å². The Morgan fingerprint density at radius 2 is 2.18 bits per heavy atom. The normalized spacial score (nSPS) is 12.5. The van der Waals surface area contributed by atoms with E-state index in [1.165, 1.54) is 18.6 Å². The maximum absolute atomic E-state index is 13.1. The fourth-order valence-electron chi connectivity index (χ4n) is 1.48. The highest BCUT2D eigenvalue weighted by molar-refractivity contribution is 9.10. The fraction of sp³-hybridized carbons (Fsp3) is 0.538. The average Bonchev–Trinajstić information content (AvgIpc) is 2.23. The van der Waals surface area contributed by atoms with Gasteiger partial charge in [-0.25, -0.2) is 4.39 Å². The van der Waals surface area contributed by atoms with Gasteiger partial charge in [0.25, 0.3) is 0 Å². The molecule has 4 heteroatoms. The summed E-state index contributed by atoms with van der Waals surface area (Å²) in [4.78, 5) is 0. The van der Waals surface area contributed by atoms with Crippen LogP contribution in [0.3, 0.4) is 0 Å². The molecule has 0 bridgehead atoms. The molecule has 0 radical (unpaired) electrons. The van der Waals surface area contributed by atoms with Gasteiger partial charge in [0.05, 0.1) is 0 Å². The molecular weight excluding hydrogens is 285 g/mol. The fourth-order valence-corrected chi connectivity index (χ4v) is 1.92. The number of hydrogen-bond donors (Lipinski definition) is 1. The molecule has 96 valence electrons. The minimum absolute atomic E-state index is 0.0283. The lowest BCUT2D eigenvalue weighted by molar-refractivity contribution is 0.216. The molecule has 0 spiro atoms. The Labute approximate surface area is 111 Å². The summed E-state index contributed by atoms with van der Waals surface area (Å²) in [5.41, 5.74) is 0. The number of unbranched alkanes of at least 4 members (excludes halogenated alkanes) is 1. The van der Waals surface area contributed by atoms with Crippen LogP contribution in [0.1, 0.15) is 26.7 Å². The van der Waals surface area contributed by atoms with Crippen molar-refractivity contribution in [3.63, 3.8) is 0 Å². The maximum atomic E-state index is 13.1. The minimum atomic E-state index is -0.291. The molecule has 1 rings (SSSR count). The lowest BCUT2D eigenvalue weighted by atomic mass is 10.3. The van der Waals surface area contributed by atoms with Gasteiger partial charge in [-0.1, -0.05) is 29.3 Å². The van der Waals surface area contributed by atoms with Gasteiger partial charge in [0.1, 0.15) is 17.7 Å². The molecule has 1 atom stereocenters. The first kappa shape index (κ1) is 14.5. The second-order valence-electron chi connectivity index (χ2n) is 4.09. The molecule has 0 aromatic heterocycles. The van der Waals surface area contributed by atoms with Crippen molar-refractivity contribution < 1.29 is 9.13 Å². The summed E-state index contributed by atoms with van der Waals surface area (Å²) in [6.45, 7) is 5.90. The summed E-state index contributed by atoms with van der Waals surface area (Å²) >= 11 is 3.24. The van der Waals surface area contributed by atoms with E-state index in [1.54, 1.807) is 6.07 Å². The van der Waals surface area contributed by atoms with Crippen molar-refractivity contribution >= 4 is 15.9 Å². The van der Waals surface area contributed by atoms with Gasteiger partial charge in [0.15, 0.2) is 0 Å². The topological polar surface area (TPSA) is 21.3 Å². The highest BCUT2D eigenvalue weighted by Crippen LogP contribution is 2.21. The summed E-state index contributed by atoms with van der Waals surface area (Å²) in [6.07, 6.45) is 2.37. The number of benzene rings is 1. The standard InChI is InChI=1S/C13H19BrFNO/c1-3-4-5-16-9-10(2)17-13-7-11(14)6-12(15)8-13/h6-8,10,16H,3-5,9H2,1-2H3. The van der Waals surface area contributed by atoms with Crippen molar-refractivity contribution in [1.29, 1.82) is 0 Å². The van der Waals surface area contributed by atoms with Gasteiger partial charge in [-0.2, -0.15) is 0 Å². The van der Waals surface area contributed by atoms with Gasteiger partial charge in [-0.3, -0.25) is 0 Å². The van der Waals surface area contributed by atoms with Crippen LogP contribution >= 0.6 is 15.9 Å². The monoisotopic (exact) mass is 303 g/mol. The third-order valence-corrected chi connectivity index (χ3v) is 2.77. The van der Waals surface area contributed by atoms with Crippen molar-refractivity contribution in [2.45, 2.75) is 32.8 Å². The van der Waals surface area contributed by atoms with Crippen molar-refractivity contribution in [3.05, 3.63) is 28.5 Å². The van der Waals surface area contributed by atoms with Gasteiger partial charge in [-0.15, -0.1) is 0 Å². The summed E-state index contributed by atoms with van der Waals surface area (Å²) in [6, 6.07) is 4.58. The van der Waals surface area contributed by atoms with E-state index in [4.69, 9.17) is 4.74 Å².